The summed E-state index contributed by atoms with van der Waals surface area (Å²) in [5, 5.41) is 0.827. The molecule has 0 unspecified atom stereocenters. The summed E-state index contributed by atoms with van der Waals surface area (Å²) < 4.78 is 260. The number of hydrogen-bond acceptors (Lipinski definition) is 47. The van der Waals surface area contributed by atoms with Crippen LogP contribution >= 0.6 is 15.9 Å². The largest absolute Gasteiger partial charge is 0.378 e. The fourth-order valence-electron chi connectivity index (χ4n) is 10.9. The highest BCUT2D eigenvalue weighted by atomic mass is 79.9. The minimum Gasteiger partial charge on any atom is -0.378 e. The summed E-state index contributed by atoms with van der Waals surface area (Å²) in [6.45, 7) is 45.9. The highest BCUT2D eigenvalue weighted by molar-refractivity contribution is 9.09. The van der Waals surface area contributed by atoms with Gasteiger partial charge in [-0.1, -0.05) is 46.3 Å². The molecule has 0 saturated heterocycles. The molecule has 0 aromatic heterocycles. The number of alkyl halides is 1. The lowest BCUT2D eigenvalue weighted by Crippen LogP contribution is -2.16. The maximum Gasteiger partial charge on any atom is 0.0718 e. The third kappa shape index (κ3) is 136. The van der Waals surface area contributed by atoms with Crippen LogP contribution < -0.4 is 0 Å². The normalized spacial score (nSPS) is 11.8. The van der Waals surface area contributed by atoms with E-state index in [1.54, 1.807) is 0 Å². The molecule has 0 aliphatic heterocycles. The van der Waals surface area contributed by atoms with Gasteiger partial charge in [-0.15, -0.1) is 0 Å². The second-order valence-electron chi connectivity index (χ2n) is 30.4. The molecule has 48 heteroatoms. The Kier molecular flexibility index (Phi) is 136. The Hall–Kier alpha value is -2.18. The maximum atomic E-state index is 5.59. The van der Waals surface area contributed by atoms with Crippen molar-refractivity contribution in [3.63, 3.8) is 0 Å². The SMILES string of the molecule is BrCCOCCOCCOCCOCCOCCOCCOCCOCCOCCOCCOCCOCCOCCOCCOCCOCCOCCOCCOCCOCCOCCOCCOCCOCCOCCOCCOCCOCCOCCOCCOCCOCCOCCOCCOCCOCCOCCOCCOCCOCCOCCOCCOCCOCCOCCOCCOCc1ccccc1. The Balaban J connectivity index is 1.57. The van der Waals surface area contributed by atoms with Gasteiger partial charge in [-0.3, -0.25) is 0 Å². The van der Waals surface area contributed by atoms with Crippen LogP contribution in [0.3, 0.4) is 0 Å². The van der Waals surface area contributed by atoms with Crippen molar-refractivity contribution in [2.45, 2.75) is 6.61 Å². The lowest BCUT2D eigenvalue weighted by molar-refractivity contribution is -0.0330. The van der Waals surface area contributed by atoms with E-state index in [4.69, 9.17) is 223 Å². The summed E-state index contributed by atoms with van der Waals surface area (Å²) in [5.74, 6) is 0. The number of rotatable bonds is 142. The van der Waals surface area contributed by atoms with Crippen LogP contribution in [0.15, 0.2) is 30.3 Å². The van der Waals surface area contributed by atoms with Crippen LogP contribution in [-0.4, -0.2) is 620 Å². The maximum absolute atomic E-state index is 5.59. The summed E-state index contributed by atoms with van der Waals surface area (Å²) in [5.41, 5.74) is 1.15. The highest BCUT2D eigenvalue weighted by Crippen LogP contribution is 2.02. The molecule has 0 bridgehead atoms. The van der Waals surface area contributed by atoms with E-state index in [1.807, 2.05) is 30.3 Å². The van der Waals surface area contributed by atoms with Crippen LogP contribution in [0.2, 0.25) is 0 Å². The second-order valence-corrected chi connectivity index (χ2v) is 31.2. The van der Waals surface area contributed by atoms with E-state index in [9.17, 15) is 0 Å². The van der Waals surface area contributed by atoms with Gasteiger partial charge in [-0.05, 0) is 5.56 Å². The lowest BCUT2D eigenvalue weighted by atomic mass is 10.2. The molecule has 0 fully saturated rings. The van der Waals surface area contributed by atoms with Gasteiger partial charge in [-0.25, -0.2) is 0 Å². The zero-order chi connectivity index (χ0) is 106. The van der Waals surface area contributed by atoms with Gasteiger partial charge in [0.2, 0.25) is 0 Å². The Labute approximate surface area is 896 Å². The fourth-order valence-corrected chi connectivity index (χ4v) is 11.2. The smallest absolute Gasteiger partial charge is 0.0718 e. The van der Waals surface area contributed by atoms with Crippen molar-refractivity contribution < 1.29 is 223 Å². The van der Waals surface area contributed by atoms with Crippen LogP contribution in [-0.2, 0) is 229 Å². The first-order valence-electron chi connectivity index (χ1n) is 53.2. The predicted octanol–water partition coefficient (Wildman–Crippen LogP) is 3.36. The molecule has 149 heavy (non-hydrogen) atoms. The van der Waals surface area contributed by atoms with Gasteiger partial charge in [0.15, 0.2) is 0 Å². The van der Waals surface area contributed by atoms with Gasteiger partial charge < -0.3 is 223 Å². The third-order valence-corrected chi connectivity index (χ3v) is 18.8. The molecule has 0 spiro atoms. The van der Waals surface area contributed by atoms with Gasteiger partial charge >= 0.3 is 0 Å². The van der Waals surface area contributed by atoms with Gasteiger partial charge in [0.1, 0.15) is 0 Å². The van der Waals surface area contributed by atoms with Crippen molar-refractivity contribution in [3.05, 3.63) is 35.9 Å². The molecule has 0 heterocycles. The molecule has 1 aromatic carbocycles. The topological polar surface area (TPSA) is 434 Å². The predicted molar refractivity (Wildman–Crippen MR) is 548 cm³/mol. The van der Waals surface area contributed by atoms with Crippen molar-refractivity contribution in [1.82, 2.24) is 0 Å². The number of halogens is 1. The highest BCUT2D eigenvalue weighted by Gasteiger charge is 2.08. The molecule has 0 atom stereocenters. The monoisotopic (exact) mass is 2240 g/mol. The van der Waals surface area contributed by atoms with E-state index in [0.29, 0.717) is 621 Å². The van der Waals surface area contributed by atoms with Crippen molar-refractivity contribution in [2.75, 3.05) is 620 Å². The van der Waals surface area contributed by atoms with Crippen LogP contribution in [0.5, 0.6) is 0 Å². The van der Waals surface area contributed by atoms with Crippen LogP contribution in [0.1, 0.15) is 5.56 Å². The number of hydrogen-bond donors (Lipinski definition) is 0. The second kappa shape index (κ2) is 140. The van der Waals surface area contributed by atoms with E-state index in [0.717, 1.165) is 10.9 Å². The standard InChI is InChI=1S/C101H195BrO47/c102-6-7-103-8-9-104-10-11-105-12-13-106-14-15-107-16-17-108-18-19-109-20-21-110-22-23-111-24-25-112-26-27-113-28-29-114-30-31-115-32-33-116-34-35-117-36-37-118-38-39-119-40-41-120-42-43-121-44-45-122-46-47-123-48-49-124-50-51-125-52-53-126-54-55-127-56-57-128-58-59-129-60-61-130-62-63-131-64-65-132-66-67-133-68-69-134-70-71-135-72-73-136-74-75-137-76-77-138-78-79-139-80-81-140-82-83-141-84-85-142-86-87-143-88-89-144-90-91-145-92-93-146-94-95-147-96-97-148-98-99-149-100-101-4-2-1-3-5-101/h1-5H,6-100H2. The minimum absolute atomic E-state index is 0.472. The zero-order valence-corrected chi connectivity index (χ0v) is 91.7. The molecule has 1 aromatic rings. The van der Waals surface area contributed by atoms with Gasteiger partial charge in [0.25, 0.3) is 0 Å². The summed E-state index contributed by atoms with van der Waals surface area (Å²) in [6, 6.07) is 10.1. The third-order valence-electron chi connectivity index (χ3n) is 18.4. The van der Waals surface area contributed by atoms with E-state index in [-0.39, 0.29) is 0 Å². The lowest BCUT2D eigenvalue weighted by Gasteiger charge is -2.09. The quantitative estimate of drug-likeness (QED) is 0.0666. The van der Waals surface area contributed by atoms with Crippen LogP contribution in [0, 0.1) is 0 Å². The van der Waals surface area contributed by atoms with E-state index < -0.39 is 0 Å². The first-order chi connectivity index (χ1) is 74.4. The number of benzene rings is 1. The molecule has 0 N–H and O–H groups in total. The number of ether oxygens (including phenoxy) is 47. The Morgan fingerprint density at radius 2 is 0.154 bits per heavy atom. The Morgan fingerprint density at radius 1 is 0.0872 bits per heavy atom. The van der Waals surface area contributed by atoms with Gasteiger partial charge in [0, 0.05) is 5.33 Å². The molecule has 0 aliphatic rings. The zero-order valence-electron chi connectivity index (χ0n) is 90.1. The fraction of sp³-hybridized carbons (Fsp3) is 0.941. The van der Waals surface area contributed by atoms with E-state index in [1.165, 1.54) is 0 Å². The summed E-state index contributed by atoms with van der Waals surface area (Å²) in [7, 11) is 0. The van der Waals surface area contributed by atoms with Crippen molar-refractivity contribution in [3.8, 4) is 0 Å². The van der Waals surface area contributed by atoms with Gasteiger partial charge in [0.05, 0.1) is 621 Å². The minimum atomic E-state index is 0.472. The Morgan fingerprint density at radius 3 is 0.228 bits per heavy atom. The summed E-state index contributed by atoms with van der Waals surface area (Å²) in [4.78, 5) is 0. The van der Waals surface area contributed by atoms with Crippen molar-refractivity contribution >= 4 is 15.9 Å². The molecule has 0 radical (unpaired) electrons. The summed E-state index contributed by atoms with van der Waals surface area (Å²) >= 11 is 3.31. The Bertz CT molecular complexity index is 2240. The van der Waals surface area contributed by atoms with Crippen molar-refractivity contribution in [1.29, 1.82) is 0 Å². The van der Waals surface area contributed by atoms with E-state index in [2.05, 4.69) is 15.9 Å². The summed E-state index contributed by atoms with van der Waals surface area (Å²) in [6.07, 6.45) is 0. The molecular weight excluding hydrogens is 2040 g/mol. The molecule has 0 amide bonds. The molecular formula is C101H195BrO47. The average molecular weight is 2240 g/mol. The molecule has 0 saturated carbocycles. The van der Waals surface area contributed by atoms with Crippen LogP contribution in [0.4, 0.5) is 0 Å². The van der Waals surface area contributed by atoms with Gasteiger partial charge in [-0.2, -0.15) is 0 Å². The molecule has 888 valence electrons. The first-order valence-corrected chi connectivity index (χ1v) is 54.3. The molecule has 47 nitrogen and oxygen atoms in total. The molecule has 0 aliphatic carbocycles. The van der Waals surface area contributed by atoms with Crippen molar-refractivity contribution in [2.24, 2.45) is 0 Å². The van der Waals surface area contributed by atoms with E-state index >= 15 is 0 Å². The van der Waals surface area contributed by atoms with Crippen LogP contribution in [0.25, 0.3) is 0 Å². The average Bonchev–Trinajstić information content (AvgIpc) is 0.963. The first kappa shape index (κ1) is 145. The molecule has 1 rings (SSSR count).